The molecule has 0 amide bonds. The van der Waals surface area contributed by atoms with E-state index in [0.29, 0.717) is 18.4 Å². The third kappa shape index (κ3) is 4.41. The minimum Gasteiger partial charge on any atom is -0.478 e. The molecule has 2 rings (SSSR count). The molecule has 0 bridgehead atoms. The topological polar surface area (TPSA) is 47.0 Å². The van der Waals surface area contributed by atoms with E-state index in [4.69, 9.17) is 16.3 Å². The molecule has 0 radical (unpaired) electrons. The van der Waals surface area contributed by atoms with E-state index in [-0.39, 0.29) is 0 Å². The van der Waals surface area contributed by atoms with Gasteiger partial charge in [-0.1, -0.05) is 23.7 Å². The Kier molecular flexibility index (Phi) is 4.98. The number of aromatic nitrogens is 2. The summed E-state index contributed by atoms with van der Waals surface area (Å²) in [5.41, 5.74) is 1.22. The average Bonchev–Trinajstić information content (AvgIpc) is 2.42. The molecule has 1 aromatic carbocycles. The molecule has 0 unspecified atom stereocenters. The summed E-state index contributed by atoms with van der Waals surface area (Å²) in [6, 6.07) is 9.56. The van der Waals surface area contributed by atoms with Crippen LogP contribution in [0.4, 0.5) is 5.95 Å². The molecule has 0 atom stereocenters. The molecule has 2 aromatic rings. The molecule has 1 aromatic heterocycles. The van der Waals surface area contributed by atoms with Crippen molar-refractivity contribution >= 4 is 17.5 Å². The molecule has 4 nitrogen and oxygen atoms in total. The van der Waals surface area contributed by atoms with Crippen molar-refractivity contribution in [3.05, 3.63) is 47.1 Å². The Balaban J connectivity index is 1.85. The summed E-state index contributed by atoms with van der Waals surface area (Å²) in [7, 11) is 0. The van der Waals surface area contributed by atoms with Crippen molar-refractivity contribution in [3.8, 4) is 5.88 Å². The van der Waals surface area contributed by atoms with Gasteiger partial charge >= 0.3 is 0 Å². The van der Waals surface area contributed by atoms with Crippen LogP contribution in [0.2, 0.25) is 5.02 Å². The predicted molar refractivity (Wildman–Crippen MR) is 76.8 cm³/mol. The van der Waals surface area contributed by atoms with Crippen molar-refractivity contribution in [3.63, 3.8) is 0 Å². The molecule has 0 saturated heterocycles. The van der Waals surface area contributed by atoms with Gasteiger partial charge in [-0.15, -0.1) is 0 Å². The molecule has 0 saturated carbocycles. The molecule has 0 spiro atoms. The van der Waals surface area contributed by atoms with E-state index in [2.05, 4.69) is 15.3 Å². The summed E-state index contributed by atoms with van der Waals surface area (Å²) in [5, 5.41) is 3.93. The highest BCUT2D eigenvalue weighted by Crippen LogP contribution is 2.11. The highest BCUT2D eigenvalue weighted by atomic mass is 35.5. The van der Waals surface area contributed by atoms with Crippen LogP contribution in [0.15, 0.2) is 36.5 Å². The van der Waals surface area contributed by atoms with Crippen LogP contribution in [-0.2, 0) is 6.42 Å². The SMILES string of the molecule is CCOc1ccnc(NCCc2ccc(Cl)cc2)n1. The van der Waals surface area contributed by atoms with Gasteiger partial charge in [-0.05, 0) is 31.0 Å². The first kappa shape index (κ1) is 13.6. The van der Waals surface area contributed by atoms with Crippen LogP contribution in [0.3, 0.4) is 0 Å². The van der Waals surface area contributed by atoms with Crippen molar-refractivity contribution in [1.82, 2.24) is 9.97 Å². The molecule has 0 aliphatic carbocycles. The Morgan fingerprint density at radius 3 is 2.74 bits per heavy atom. The van der Waals surface area contributed by atoms with Gasteiger partial charge in [0.2, 0.25) is 11.8 Å². The number of nitrogens with one attached hydrogen (secondary N) is 1. The number of nitrogens with zero attached hydrogens (tertiary/aromatic N) is 2. The first-order chi connectivity index (χ1) is 9.28. The largest absolute Gasteiger partial charge is 0.478 e. The number of halogens is 1. The van der Waals surface area contributed by atoms with Gasteiger partial charge in [0.1, 0.15) is 0 Å². The van der Waals surface area contributed by atoms with Crippen LogP contribution in [-0.4, -0.2) is 23.1 Å². The van der Waals surface area contributed by atoms with Gasteiger partial charge in [-0.2, -0.15) is 4.98 Å². The second-order valence-electron chi connectivity index (χ2n) is 3.95. The van der Waals surface area contributed by atoms with Gasteiger partial charge < -0.3 is 10.1 Å². The molecule has 0 aliphatic rings. The fraction of sp³-hybridized carbons (Fsp3) is 0.286. The first-order valence-corrected chi connectivity index (χ1v) is 6.60. The summed E-state index contributed by atoms with van der Waals surface area (Å²) in [6.45, 7) is 3.29. The van der Waals surface area contributed by atoms with Crippen molar-refractivity contribution in [1.29, 1.82) is 0 Å². The summed E-state index contributed by atoms with van der Waals surface area (Å²) < 4.78 is 5.32. The number of ether oxygens (including phenoxy) is 1. The second-order valence-corrected chi connectivity index (χ2v) is 4.39. The standard InChI is InChI=1S/C14H16ClN3O/c1-2-19-13-8-10-17-14(18-13)16-9-7-11-3-5-12(15)6-4-11/h3-6,8,10H,2,7,9H2,1H3,(H,16,17,18). The maximum absolute atomic E-state index is 5.84. The average molecular weight is 278 g/mol. The molecular formula is C14H16ClN3O. The zero-order valence-electron chi connectivity index (χ0n) is 10.8. The highest BCUT2D eigenvalue weighted by molar-refractivity contribution is 6.30. The molecule has 100 valence electrons. The van der Waals surface area contributed by atoms with Crippen LogP contribution in [0.25, 0.3) is 0 Å². The van der Waals surface area contributed by atoms with E-state index < -0.39 is 0 Å². The number of hydrogen-bond acceptors (Lipinski definition) is 4. The quantitative estimate of drug-likeness (QED) is 0.881. The monoisotopic (exact) mass is 277 g/mol. The molecule has 1 heterocycles. The second kappa shape index (κ2) is 6.95. The third-order valence-corrected chi connectivity index (χ3v) is 2.78. The highest BCUT2D eigenvalue weighted by Gasteiger charge is 1.99. The minimum absolute atomic E-state index is 0.583. The van der Waals surface area contributed by atoms with E-state index in [1.807, 2.05) is 31.2 Å². The van der Waals surface area contributed by atoms with Crippen LogP contribution in [0.1, 0.15) is 12.5 Å². The molecule has 0 aliphatic heterocycles. The summed E-state index contributed by atoms with van der Waals surface area (Å²) >= 11 is 5.84. The zero-order valence-corrected chi connectivity index (χ0v) is 11.5. The summed E-state index contributed by atoms with van der Waals surface area (Å²) in [4.78, 5) is 8.39. The lowest BCUT2D eigenvalue weighted by Crippen LogP contribution is -2.08. The lowest BCUT2D eigenvalue weighted by Gasteiger charge is -2.06. The Bertz CT molecular complexity index is 516. The van der Waals surface area contributed by atoms with Gasteiger partial charge in [0, 0.05) is 23.8 Å². The Morgan fingerprint density at radius 2 is 2.00 bits per heavy atom. The maximum Gasteiger partial charge on any atom is 0.225 e. The van der Waals surface area contributed by atoms with E-state index in [0.717, 1.165) is 18.0 Å². The van der Waals surface area contributed by atoms with Crippen LogP contribution >= 0.6 is 11.6 Å². The third-order valence-electron chi connectivity index (χ3n) is 2.53. The van der Waals surface area contributed by atoms with Crippen LogP contribution in [0, 0.1) is 0 Å². The van der Waals surface area contributed by atoms with Gasteiger partial charge in [0.05, 0.1) is 6.61 Å². The van der Waals surface area contributed by atoms with Crippen molar-refractivity contribution in [2.45, 2.75) is 13.3 Å². The fourth-order valence-corrected chi connectivity index (χ4v) is 1.75. The zero-order chi connectivity index (χ0) is 13.5. The molecule has 0 fully saturated rings. The smallest absolute Gasteiger partial charge is 0.225 e. The van der Waals surface area contributed by atoms with Gasteiger partial charge in [-0.3, -0.25) is 0 Å². The van der Waals surface area contributed by atoms with Crippen molar-refractivity contribution in [2.24, 2.45) is 0 Å². The van der Waals surface area contributed by atoms with E-state index in [1.54, 1.807) is 12.3 Å². The van der Waals surface area contributed by atoms with Gasteiger partial charge in [0.15, 0.2) is 0 Å². The predicted octanol–water partition coefficient (Wildman–Crippen LogP) is 3.18. The fourth-order valence-electron chi connectivity index (χ4n) is 1.63. The van der Waals surface area contributed by atoms with Crippen LogP contribution < -0.4 is 10.1 Å². The maximum atomic E-state index is 5.84. The van der Waals surface area contributed by atoms with Crippen molar-refractivity contribution < 1.29 is 4.74 Å². The lowest BCUT2D eigenvalue weighted by atomic mass is 10.1. The number of hydrogen-bond donors (Lipinski definition) is 1. The molecular weight excluding hydrogens is 262 g/mol. The van der Waals surface area contributed by atoms with Crippen molar-refractivity contribution in [2.75, 3.05) is 18.5 Å². The Hall–Kier alpha value is -1.81. The summed E-state index contributed by atoms with van der Waals surface area (Å²) in [6.07, 6.45) is 2.57. The van der Waals surface area contributed by atoms with Gasteiger partial charge in [0.25, 0.3) is 0 Å². The van der Waals surface area contributed by atoms with Gasteiger partial charge in [-0.25, -0.2) is 4.98 Å². The molecule has 19 heavy (non-hydrogen) atoms. The van der Waals surface area contributed by atoms with E-state index >= 15 is 0 Å². The minimum atomic E-state index is 0.583. The van der Waals surface area contributed by atoms with E-state index in [9.17, 15) is 0 Å². The number of benzene rings is 1. The molecule has 1 N–H and O–H groups in total. The lowest BCUT2D eigenvalue weighted by molar-refractivity contribution is 0.326. The Morgan fingerprint density at radius 1 is 1.21 bits per heavy atom. The normalized spacial score (nSPS) is 10.2. The summed E-state index contributed by atoms with van der Waals surface area (Å²) in [5.74, 6) is 1.17. The number of anilines is 1. The van der Waals surface area contributed by atoms with Crippen LogP contribution in [0.5, 0.6) is 5.88 Å². The van der Waals surface area contributed by atoms with E-state index in [1.165, 1.54) is 5.56 Å². The Labute approximate surface area is 117 Å². The molecule has 5 heteroatoms. The first-order valence-electron chi connectivity index (χ1n) is 6.22. The number of rotatable bonds is 6.